The van der Waals surface area contributed by atoms with E-state index in [9.17, 15) is 19.2 Å². The molecular formula is C14H18N8O7. The lowest BCUT2D eigenvalue weighted by Crippen LogP contribution is -2.26. The molecule has 0 amide bonds. The fourth-order valence-corrected chi connectivity index (χ4v) is 1.84. The molecule has 0 unspecified atom stereocenters. The number of carbonyl (C=O) groups excluding carboxylic acids is 2. The first-order valence-corrected chi connectivity index (χ1v) is 8.11. The first kappa shape index (κ1) is 21.4. The summed E-state index contributed by atoms with van der Waals surface area (Å²) in [5, 5.41) is 14.4. The fourth-order valence-electron chi connectivity index (χ4n) is 1.84. The van der Waals surface area contributed by atoms with Crippen molar-refractivity contribution in [1.82, 2.24) is 39.6 Å². The molecule has 0 aromatic carbocycles. The highest BCUT2D eigenvalue weighted by Crippen LogP contribution is 1.86. The van der Waals surface area contributed by atoms with Crippen LogP contribution in [0.25, 0.3) is 12.4 Å². The van der Waals surface area contributed by atoms with Crippen LogP contribution in [-0.2, 0) is 36.9 Å². The highest BCUT2D eigenvalue weighted by atomic mass is 16.5. The van der Waals surface area contributed by atoms with Gasteiger partial charge in [-0.15, -0.1) is 0 Å². The number of rotatable bonds is 10. The van der Waals surface area contributed by atoms with Crippen LogP contribution in [0.15, 0.2) is 21.7 Å². The molecule has 0 aliphatic carbocycles. The molecule has 29 heavy (non-hydrogen) atoms. The third-order valence-electron chi connectivity index (χ3n) is 3.32. The number of methoxy groups -OCH3 is 2. The van der Waals surface area contributed by atoms with E-state index in [1.165, 1.54) is 14.2 Å². The Balaban J connectivity index is 1.80. The van der Waals surface area contributed by atoms with Gasteiger partial charge in [-0.2, -0.15) is 18.7 Å². The van der Waals surface area contributed by atoms with Gasteiger partial charge in [0.05, 0.1) is 40.5 Å². The van der Waals surface area contributed by atoms with Gasteiger partial charge < -0.3 is 14.2 Å². The minimum atomic E-state index is -0.636. The number of aromatic nitrogens is 8. The number of hydrogen-bond acceptors (Lipinski definition) is 11. The molecule has 0 saturated carbocycles. The van der Waals surface area contributed by atoms with Crippen LogP contribution in [0, 0.1) is 0 Å². The molecule has 0 fully saturated rings. The predicted octanol–water partition coefficient (Wildman–Crippen LogP) is -2.80. The topological polar surface area (TPSA) is 167 Å². The van der Waals surface area contributed by atoms with Gasteiger partial charge in [0.1, 0.15) is 0 Å². The van der Waals surface area contributed by atoms with E-state index < -0.39 is 23.3 Å². The summed E-state index contributed by atoms with van der Waals surface area (Å²) >= 11 is 0. The summed E-state index contributed by atoms with van der Waals surface area (Å²) in [6.07, 6.45) is 4.32. The van der Waals surface area contributed by atoms with E-state index in [1.807, 2.05) is 0 Å². The largest absolute Gasteiger partial charge is 0.466 e. The minimum absolute atomic E-state index is 0.106. The second-order valence-corrected chi connectivity index (χ2v) is 5.15. The van der Waals surface area contributed by atoms with Crippen LogP contribution in [0.2, 0.25) is 0 Å². The number of carbonyl (C=O) groups is 2. The molecule has 0 saturated heterocycles. The van der Waals surface area contributed by atoms with Crippen molar-refractivity contribution in [2.75, 3.05) is 27.4 Å². The van der Waals surface area contributed by atoms with Crippen molar-refractivity contribution in [3.8, 4) is 0 Å². The number of nitrogens with zero attached hydrogens (tertiary/aromatic N) is 8. The maximum absolute atomic E-state index is 12.0. The first-order valence-electron chi connectivity index (χ1n) is 8.11. The quantitative estimate of drug-likeness (QED) is 0.225. The average Bonchev–Trinajstić information content (AvgIpc) is 3.26. The molecule has 156 valence electrons. The second-order valence-electron chi connectivity index (χ2n) is 5.15. The van der Waals surface area contributed by atoms with E-state index in [-0.39, 0.29) is 26.3 Å². The van der Waals surface area contributed by atoms with Gasteiger partial charge in [-0.1, -0.05) is 0 Å². The van der Waals surface area contributed by atoms with Crippen molar-refractivity contribution in [3.63, 3.8) is 0 Å². The SMILES string of the molecule is COC(=O)/C=C/n1nnn(CCOCCn2nnn(/C=C/C(=O)OC)c2=O)c1=O. The van der Waals surface area contributed by atoms with Crippen LogP contribution < -0.4 is 11.4 Å². The van der Waals surface area contributed by atoms with Crippen molar-refractivity contribution >= 4 is 24.3 Å². The predicted molar refractivity (Wildman–Crippen MR) is 94.1 cm³/mol. The standard InChI is InChI=1S/C14H18N8O7/c1-27-11(23)3-5-19-13(25)21(17-15-19)7-9-29-10-8-22-14(26)20(16-18-22)6-4-12(24)28-2/h3-6H,7-10H2,1-2H3/b5-3+,6-4+. The van der Waals surface area contributed by atoms with Crippen molar-refractivity contribution in [1.29, 1.82) is 0 Å². The zero-order valence-electron chi connectivity index (χ0n) is 15.6. The second kappa shape index (κ2) is 10.5. The third-order valence-corrected chi connectivity index (χ3v) is 3.32. The molecule has 0 spiro atoms. The lowest BCUT2D eigenvalue weighted by molar-refractivity contribution is -0.135. The molecule has 2 aromatic heterocycles. The lowest BCUT2D eigenvalue weighted by Gasteiger charge is -2.02. The molecule has 15 nitrogen and oxygen atoms in total. The normalized spacial score (nSPS) is 11.4. The molecular weight excluding hydrogens is 392 g/mol. The van der Waals surface area contributed by atoms with Crippen molar-refractivity contribution < 1.29 is 23.8 Å². The summed E-state index contributed by atoms with van der Waals surface area (Å²) in [5.74, 6) is -1.27. The highest BCUT2D eigenvalue weighted by Gasteiger charge is 2.07. The zero-order valence-corrected chi connectivity index (χ0v) is 15.6. The molecule has 15 heteroatoms. The van der Waals surface area contributed by atoms with Crippen molar-refractivity contribution in [3.05, 3.63) is 33.1 Å². The molecule has 2 rings (SSSR count). The Hall–Kier alpha value is -3.88. The lowest BCUT2D eigenvalue weighted by atomic mass is 10.6. The number of esters is 2. The van der Waals surface area contributed by atoms with Gasteiger partial charge >= 0.3 is 23.3 Å². The van der Waals surface area contributed by atoms with Crippen LogP contribution in [0.4, 0.5) is 0 Å². The van der Waals surface area contributed by atoms with E-state index in [4.69, 9.17) is 4.74 Å². The summed E-state index contributed by atoms with van der Waals surface area (Å²) < 4.78 is 18.0. The van der Waals surface area contributed by atoms with E-state index in [2.05, 4.69) is 30.3 Å². The van der Waals surface area contributed by atoms with Gasteiger partial charge in [0, 0.05) is 24.6 Å². The Morgan fingerprint density at radius 2 is 1.21 bits per heavy atom. The van der Waals surface area contributed by atoms with Crippen LogP contribution >= 0.6 is 0 Å². The summed E-state index contributed by atoms with van der Waals surface area (Å²) in [6.45, 7) is 0.442. The average molecular weight is 410 g/mol. The smallest absolute Gasteiger partial charge is 0.367 e. The summed E-state index contributed by atoms with van der Waals surface area (Å²) in [7, 11) is 2.41. The summed E-state index contributed by atoms with van der Waals surface area (Å²) in [5.41, 5.74) is -1.13. The van der Waals surface area contributed by atoms with Crippen LogP contribution in [0.5, 0.6) is 0 Å². The number of tetrazole rings is 2. The van der Waals surface area contributed by atoms with Gasteiger partial charge in [-0.3, -0.25) is 0 Å². The molecule has 2 heterocycles. The van der Waals surface area contributed by atoms with E-state index in [0.29, 0.717) is 0 Å². The van der Waals surface area contributed by atoms with Crippen LogP contribution in [0.1, 0.15) is 0 Å². The summed E-state index contributed by atoms with van der Waals surface area (Å²) in [4.78, 5) is 46.0. The van der Waals surface area contributed by atoms with E-state index >= 15 is 0 Å². The monoisotopic (exact) mass is 410 g/mol. The molecule has 0 radical (unpaired) electrons. The Morgan fingerprint density at radius 3 is 1.59 bits per heavy atom. The van der Waals surface area contributed by atoms with E-state index in [1.54, 1.807) is 0 Å². The van der Waals surface area contributed by atoms with Crippen molar-refractivity contribution in [2.45, 2.75) is 13.1 Å². The Morgan fingerprint density at radius 1 is 0.793 bits per heavy atom. The minimum Gasteiger partial charge on any atom is -0.466 e. The number of hydrogen-bond donors (Lipinski definition) is 0. The Bertz CT molecular complexity index is 932. The maximum Gasteiger partial charge on any atom is 0.367 e. The Labute approximate surface area is 162 Å². The van der Waals surface area contributed by atoms with Gasteiger partial charge in [-0.25, -0.2) is 19.2 Å². The molecule has 0 aliphatic rings. The summed E-state index contributed by atoms with van der Waals surface area (Å²) in [6, 6.07) is 0. The first-order chi connectivity index (χ1) is 14.0. The molecule has 0 bridgehead atoms. The molecule has 2 aromatic rings. The van der Waals surface area contributed by atoms with Gasteiger partial charge in [0.2, 0.25) is 0 Å². The number of ether oxygens (including phenoxy) is 3. The Kier molecular flexibility index (Phi) is 7.72. The highest BCUT2D eigenvalue weighted by molar-refractivity contribution is 5.85. The fraction of sp³-hybridized carbons (Fsp3) is 0.429. The maximum atomic E-state index is 12.0. The molecule has 0 N–H and O–H groups in total. The van der Waals surface area contributed by atoms with Gasteiger partial charge in [-0.05, 0) is 20.9 Å². The van der Waals surface area contributed by atoms with Gasteiger partial charge in [0.15, 0.2) is 0 Å². The zero-order chi connectivity index (χ0) is 21.2. The van der Waals surface area contributed by atoms with Gasteiger partial charge in [0.25, 0.3) is 0 Å². The van der Waals surface area contributed by atoms with Crippen LogP contribution in [-0.4, -0.2) is 79.0 Å². The molecule has 0 aliphatic heterocycles. The van der Waals surface area contributed by atoms with Crippen LogP contribution in [0.3, 0.4) is 0 Å². The van der Waals surface area contributed by atoms with Crippen molar-refractivity contribution in [2.24, 2.45) is 0 Å². The van der Waals surface area contributed by atoms with E-state index in [0.717, 1.165) is 43.3 Å². The molecule has 0 atom stereocenters. The third kappa shape index (κ3) is 6.06.